The van der Waals surface area contributed by atoms with Crippen LogP contribution in [0, 0.1) is 0 Å². The lowest BCUT2D eigenvalue weighted by Crippen LogP contribution is -2.57. The van der Waals surface area contributed by atoms with Crippen molar-refractivity contribution in [1.29, 1.82) is 0 Å². The van der Waals surface area contributed by atoms with Crippen LogP contribution in [0.4, 0.5) is 0 Å². The standard InChI is InChI=1S/C11H25N2/c1-12(2)10-8-6-7-9-11(10)13(3,4)5/h10-11H,6-9H2,1-5H3/q+1/t10-,11+/m0/s1. The molecule has 0 amide bonds. The maximum absolute atomic E-state index is 2.41. The molecule has 0 unspecified atom stereocenters. The number of hydrogen-bond acceptors (Lipinski definition) is 1. The van der Waals surface area contributed by atoms with Crippen LogP contribution in [-0.4, -0.2) is 56.7 Å². The van der Waals surface area contributed by atoms with Gasteiger partial charge in [-0.15, -0.1) is 0 Å². The SMILES string of the molecule is CN(C)[C@H]1CCCC[C@H]1[N+](C)(C)C. The zero-order valence-electron chi connectivity index (χ0n) is 9.88. The van der Waals surface area contributed by atoms with Gasteiger partial charge in [-0.05, 0) is 26.9 Å². The molecule has 0 heterocycles. The van der Waals surface area contributed by atoms with Crippen LogP contribution >= 0.6 is 0 Å². The van der Waals surface area contributed by atoms with Crippen LogP contribution in [-0.2, 0) is 0 Å². The summed E-state index contributed by atoms with van der Waals surface area (Å²) in [7, 11) is 11.4. The number of hydrogen-bond donors (Lipinski definition) is 0. The van der Waals surface area contributed by atoms with Gasteiger partial charge >= 0.3 is 0 Å². The second-order valence-electron chi connectivity index (χ2n) is 5.50. The molecule has 0 bridgehead atoms. The third kappa shape index (κ3) is 2.68. The summed E-state index contributed by atoms with van der Waals surface area (Å²) >= 11 is 0. The van der Waals surface area contributed by atoms with Crippen molar-refractivity contribution in [3.63, 3.8) is 0 Å². The minimum Gasteiger partial charge on any atom is -0.327 e. The van der Waals surface area contributed by atoms with Gasteiger partial charge in [-0.2, -0.15) is 0 Å². The average molecular weight is 185 g/mol. The first-order valence-corrected chi connectivity index (χ1v) is 5.40. The van der Waals surface area contributed by atoms with Crippen molar-refractivity contribution >= 4 is 0 Å². The fourth-order valence-corrected chi connectivity index (χ4v) is 2.60. The van der Waals surface area contributed by atoms with E-state index < -0.39 is 0 Å². The first-order chi connectivity index (χ1) is 5.93. The third-order valence-electron chi connectivity index (χ3n) is 3.35. The van der Waals surface area contributed by atoms with Gasteiger partial charge in [-0.1, -0.05) is 6.42 Å². The Hall–Kier alpha value is -0.0800. The minimum absolute atomic E-state index is 0.786. The highest BCUT2D eigenvalue weighted by molar-refractivity contribution is 4.81. The number of quaternary nitrogens is 1. The summed E-state index contributed by atoms with van der Waals surface area (Å²) in [6.07, 6.45) is 5.61. The van der Waals surface area contributed by atoms with E-state index in [-0.39, 0.29) is 0 Å². The van der Waals surface area contributed by atoms with E-state index in [0.717, 1.165) is 16.6 Å². The highest BCUT2D eigenvalue weighted by atomic mass is 15.3. The molecule has 2 nitrogen and oxygen atoms in total. The van der Waals surface area contributed by atoms with Crippen molar-refractivity contribution in [1.82, 2.24) is 4.90 Å². The van der Waals surface area contributed by atoms with Gasteiger partial charge in [0.2, 0.25) is 0 Å². The highest BCUT2D eigenvalue weighted by Crippen LogP contribution is 2.27. The maximum atomic E-state index is 2.41. The van der Waals surface area contributed by atoms with E-state index in [1.807, 2.05) is 0 Å². The molecular formula is C11H25N2+. The smallest absolute Gasteiger partial charge is 0.104 e. The number of nitrogens with zero attached hydrogens (tertiary/aromatic N) is 2. The lowest BCUT2D eigenvalue weighted by Gasteiger charge is -2.44. The van der Waals surface area contributed by atoms with Crippen molar-refractivity contribution in [2.45, 2.75) is 37.8 Å². The molecule has 0 aromatic heterocycles. The summed E-state index contributed by atoms with van der Waals surface area (Å²) in [6, 6.07) is 1.61. The Morgan fingerprint density at radius 3 is 1.92 bits per heavy atom. The van der Waals surface area contributed by atoms with Gasteiger partial charge in [0, 0.05) is 6.42 Å². The van der Waals surface area contributed by atoms with Crippen molar-refractivity contribution in [3.8, 4) is 0 Å². The topological polar surface area (TPSA) is 3.24 Å². The quantitative estimate of drug-likeness (QED) is 0.590. The molecular weight excluding hydrogens is 160 g/mol. The Morgan fingerprint density at radius 1 is 1.00 bits per heavy atom. The van der Waals surface area contributed by atoms with Crippen LogP contribution in [0.5, 0.6) is 0 Å². The summed E-state index contributed by atoms with van der Waals surface area (Å²) in [4.78, 5) is 2.41. The maximum Gasteiger partial charge on any atom is 0.104 e. The first kappa shape index (κ1) is 11.0. The van der Waals surface area contributed by atoms with Gasteiger partial charge < -0.3 is 9.38 Å². The summed E-state index contributed by atoms with van der Waals surface area (Å²) in [6.45, 7) is 0. The molecule has 0 aromatic rings. The van der Waals surface area contributed by atoms with Crippen LogP contribution in [0.2, 0.25) is 0 Å². The molecule has 1 saturated carbocycles. The van der Waals surface area contributed by atoms with Crippen LogP contribution in [0.3, 0.4) is 0 Å². The molecule has 13 heavy (non-hydrogen) atoms. The summed E-state index contributed by atoms with van der Waals surface area (Å²) < 4.78 is 1.11. The Bertz CT molecular complexity index is 158. The largest absolute Gasteiger partial charge is 0.327 e. The Balaban J connectivity index is 2.67. The fraction of sp³-hybridized carbons (Fsp3) is 1.00. The predicted octanol–water partition coefficient (Wildman–Crippen LogP) is 1.57. The Kier molecular flexibility index (Phi) is 3.36. The summed E-state index contributed by atoms with van der Waals surface area (Å²) in [5, 5.41) is 0. The highest BCUT2D eigenvalue weighted by Gasteiger charge is 2.35. The van der Waals surface area contributed by atoms with Gasteiger partial charge in [0.15, 0.2) is 0 Å². The van der Waals surface area contributed by atoms with E-state index in [1.165, 1.54) is 25.7 Å². The van der Waals surface area contributed by atoms with E-state index in [9.17, 15) is 0 Å². The summed E-state index contributed by atoms with van der Waals surface area (Å²) in [5.41, 5.74) is 0. The molecule has 2 atom stereocenters. The normalized spacial score (nSPS) is 30.9. The van der Waals surface area contributed by atoms with Crippen LogP contribution in [0.1, 0.15) is 25.7 Å². The Morgan fingerprint density at radius 2 is 1.54 bits per heavy atom. The molecule has 1 aliphatic carbocycles. The van der Waals surface area contributed by atoms with Gasteiger partial charge in [0.1, 0.15) is 6.04 Å². The molecule has 0 saturated heterocycles. The minimum atomic E-state index is 0.786. The van der Waals surface area contributed by atoms with Crippen molar-refractivity contribution in [3.05, 3.63) is 0 Å². The number of likely N-dealkylation sites (N-methyl/N-ethyl adjacent to an activating group) is 2. The monoisotopic (exact) mass is 185 g/mol. The molecule has 1 aliphatic rings. The molecule has 0 aliphatic heterocycles. The zero-order chi connectivity index (χ0) is 10.1. The molecule has 0 spiro atoms. The van der Waals surface area contributed by atoms with E-state index in [4.69, 9.17) is 0 Å². The van der Waals surface area contributed by atoms with E-state index >= 15 is 0 Å². The van der Waals surface area contributed by atoms with Gasteiger partial charge in [-0.3, -0.25) is 0 Å². The zero-order valence-corrected chi connectivity index (χ0v) is 9.88. The lowest BCUT2D eigenvalue weighted by atomic mass is 9.88. The second-order valence-corrected chi connectivity index (χ2v) is 5.50. The molecule has 78 valence electrons. The second kappa shape index (κ2) is 3.97. The average Bonchev–Trinajstić information content (AvgIpc) is 2.03. The fourth-order valence-electron chi connectivity index (χ4n) is 2.60. The molecule has 2 heteroatoms. The molecule has 0 N–H and O–H groups in total. The van der Waals surface area contributed by atoms with E-state index in [1.54, 1.807) is 0 Å². The predicted molar refractivity (Wildman–Crippen MR) is 57.8 cm³/mol. The van der Waals surface area contributed by atoms with Gasteiger partial charge in [0.25, 0.3) is 0 Å². The van der Waals surface area contributed by atoms with Gasteiger partial charge in [0.05, 0.1) is 27.2 Å². The van der Waals surface area contributed by atoms with Crippen LogP contribution < -0.4 is 0 Å². The number of rotatable bonds is 2. The third-order valence-corrected chi connectivity index (χ3v) is 3.35. The van der Waals surface area contributed by atoms with Crippen LogP contribution in [0.15, 0.2) is 0 Å². The van der Waals surface area contributed by atoms with E-state index in [2.05, 4.69) is 40.1 Å². The molecule has 1 fully saturated rings. The molecule has 0 radical (unpaired) electrons. The van der Waals surface area contributed by atoms with Crippen molar-refractivity contribution in [2.24, 2.45) is 0 Å². The Labute approximate surface area is 83.1 Å². The van der Waals surface area contributed by atoms with Crippen molar-refractivity contribution in [2.75, 3.05) is 35.2 Å². The van der Waals surface area contributed by atoms with Crippen molar-refractivity contribution < 1.29 is 4.48 Å². The van der Waals surface area contributed by atoms with Crippen LogP contribution in [0.25, 0.3) is 0 Å². The molecule has 1 rings (SSSR count). The van der Waals surface area contributed by atoms with E-state index in [0.29, 0.717) is 0 Å². The first-order valence-electron chi connectivity index (χ1n) is 5.40. The molecule has 0 aromatic carbocycles. The lowest BCUT2D eigenvalue weighted by molar-refractivity contribution is -0.899. The summed E-state index contributed by atoms with van der Waals surface area (Å²) in [5.74, 6) is 0. The van der Waals surface area contributed by atoms with Gasteiger partial charge in [-0.25, -0.2) is 0 Å².